The van der Waals surface area contributed by atoms with E-state index >= 15 is 0 Å². The topological polar surface area (TPSA) is 57.8 Å². The van der Waals surface area contributed by atoms with Crippen LogP contribution in [0.4, 0.5) is 0 Å². The maximum Gasteiger partial charge on any atom is 0.258 e. The zero-order chi connectivity index (χ0) is 14.7. The predicted molar refractivity (Wildman–Crippen MR) is 78.8 cm³/mol. The number of aliphatic hydroxyl groups excluding tert-OH is 1. The van der Waals surface area contributed by atoms with Crippen LogP contribution in [0.15, 0.2) is 29.2 Å². The van der Waals surface area contributed by atoms with Crippen LogP contribution in [0.1, 0.15) is 25.1 Å². The van der Waals surface area contributed by atoms with Crippen LogP contribution in [0.25, 0.3) is 5.65 Å². The van der Waals surface area contributed by atoms with Gasteiger partial charge in [-0.15, -0.1) is 0 Å². The van der Waals surface area contributed by atoms with Crippen LogP contribution in [0.5, 0.6) is 0 Å². The van der Waals surface area contributed by atoms with Crippen LogP contribution in [-0.2, 0) is 6.54 Å². The van der Waals surface area contributed by atoms with Crippen molar-refractivity contribution < 1.29 is 5.11 Å². The van der Waals surface area contributed by atoms with Crippen molar-refractivity contribution in [3.8, 4) is 0 Å². The van der Waals surface area contributed by atoms with Gasteiger partial charge in [-0.3, -0.25) is 14.1 Å². The summed E-state index contributed by atoms with van der Waals surface area (Å²) in [5.74, 6) is 0. The number of rotatable bonds is 5. The van der Waals surface area contributed by atoms with Crippen molar-refractivity contribution in [1.29, 1.82) is 0 Å². The molecule has 0 bridgehead atoms. The third-order valence-corrected chi connectivity index (χ3v) is 3.34. The average Bonchev–Trinajstić information content (AvgIpc) is 2.39. The Bertz CT molecular complexity index is 649. The van der Waals surface area contributed by atoms with Crippen LogP contribution in [0.2, 0.25) is 0 Å². The molecule has 0 spiro atoms. The monoisotopic (exact) mass is 275 g/mol. The van der Waals surface area contributed by atoms with E-state index in [1.165, 1.54) is 0 Å². The van der Waals surface area contributed by atoms with Gasteiger partial charge in [0.05, 0.1) is 12.3 Å². The first kappa shape index (κ1) is 14.7. The summed E-state index contributed by atoms with van der Waals surface area (Å²) in [4.78, 5) is 18.7. The van der Waals surface area contributed by atoms with Gasteiger partial charge in [-0.2, -0.15) is 0 Å². The number of aromatic nitrogens is 2. The van der Waals surface area contributed by atoms with Crippen molar-refractivity contribution in [3.63, 3.8) is 0 Å². The zero-order valence-corrected chi connectivity index (χ0v) is 12.2. The lowest BCUT2D eigenvalue weighted by Crippen LogP contribution is -2.33. The minimum absolute atomic E-state index is 0.0681. The Morgan fingerprint density at radius 1 is 1.40 bits per heavy atom. The first-order valence-electron chi connectivity index (χ1n) is 6.85. The quantitative estimate of drug-likeness (QED) is 0.891. The number of hydrogen-bond acceptors (Lipinski definition) is 4. The molecule has 5 heteroatoms. The second-order valence-corrected chi connectivity index (χ2v) is 5.31. The molecule has 0 aliphatic carbocycles. The second kappa shape index (κ2) is 6.15. The van der Waals surface area contributed by atoms with Crippen molar-refractivity contribution in [2.75, 3.05) is 13.2 Å². The van der Waals surface area contributed by atoms with Gasteiger partial charge in [0.2, 0.25) is 0 Å². The molecule has 0 atom stereocenters. The maximum absolute atomic E-state index is 12.1. The van der Waals surface area contributed by atoms with E-state index in [2.05, 4.69) is 23.7 Å². The fraction of sp³-hybridized carbons (Fsp3) is 0.467. The van der Waals surface area contributed by atoms with E-state index in [4.69, 9.17) is 5.11 Å². The van der Waals surface area contributed by atoms with E-state index in [-0.39, 0.29) is 12.2 Å². The molecule has 0 amide bonds. The molecular weight excluding hydrogens is 254 g/mol. The molecule has 20 heavy (non-hydrogen) atoms. The van der Waals surface area contributed by atoms with Crippen LogP contribution >= 0.6 is 0 Å². The molecular formula is C15H21N3O2. The van der Waals surface area contributed by atoms with Gasteiger partial charge < -0.3 is 5.11 Å². The molecule has 2 aromatic rings. The number of pyridine rings is 1. The fourth-order valence-electron chi connectivity index (χ4n) is 2.20. The molecule has 0 aliphatic rings. The van der Waals surface area contributed by atoms with Gasteiger partial charge in [0.1, 0.15) is 5.65 Å². The Kier molecular flexibility index (Phi) is 4.52. The molecule has 2 aromatic heterocycles. The molecule has 108 valence electrons. The molecule has 0 radical (unpaired) electrons. The summed E-state index contributed by atoms with van der Waals surface area (Å²) in [7, 11) is 0. The number of aliphatic hydroxyl groups is 1. The Hall–Kier alpha value is -1.72. The number of aryl methyl sites for hydroxylation is 1. The highest BCUT2D eigenvalue weighted by atomic mass is 16.3. The Balaban J connectivity index is 2.36. The van der Waals surface area contributed by atoms with E-state index in [0.717, 1.165) is 11.3 Å². The molecule has 0 aliphatic heterocycles. The summed E-state index contributed by atoms with van der Waals surface area (Å²) < 4.78 is 1.56. The standard InChI is InChI=1S/C15H21N3O2/c1-11(2)17(6-7-19)10-13-8-15(20)18-9-12(3)4-5-14(18)16-13/h4-5,8-9,11,19H,6-7,10H2,1-3H3. The maximum atomic E-state index is 12.1. The highest BCUT2D eigenvalue weighted by Gasteiger charge is 2.11. The zero-order valence-electron chi connectivity index (χ0n) is 12.2. The lowest BCUT2D eigenvalue weighted by molar-refractivity contribution is 0.158. The molecule has 2 heterocycles. The van der Waals surface area contributed by atoms with Gasteiger partial charge in [-0.25, -0.2) is 4.98 Å². The fourth-order valence-corrected chi connectivity index (χ4v) is 2.20. The average molecular weight is 275 g/mol. The number of fused-ring (bicyclic) bond motifs is 1. The van der Waals surface area contributed by atoms with E-state index in [9.17, 15) is 4.79 Å². The van der Waals surface area contributed by atoms with E-state index in [1.54, 1.807) is 16.7 Å². The SMILES string of the molecule is Cc1ccc2nc(CN(CCO)C(C)C)cc(=O)n2c1. The molecule has 0 unspecified atom stereocenters. The summed E-state index contributed by atoms with van der Waals surface area (Å²) in [5.41, 5.74) is 2.35. The smallest absolute Gasteiger partial charge is 0.258 e. The highest BCUT2D eigenvalue weighted by molar-refractivity contribution is 5.39. The van der Waals surface area contributed by atoms with Gasteiger partial charge in [0.15, 0.2) is 0 Å². The Labute approximate surface area is 118 Å². The second-order valence-electron chi connectivity index (χ2n) is 5.31. The highest BCUT2D eigenvalue weighted by Crippen LogP contribution is 2.07. The predicted octanol–water partition coefficient (Wildman–Crippen LogP) is 1.21. The van der Waals surface area contributed by atoms with Crippen molar-refractivity contribution in [2.45, 2.75) is 33.4 Å². The van der Waals surface area contributed by atoms with Gasteiger partial charge >= 0.3 is 0 Å². The third kappa shape index (κ3) is 3.23. The molecule has 0 fully saturated rings. The molecule has 2 rings (SSSR count). The van der Waals surface area contributed by atoms with Crippen molar-refractivity contribution in [1.82, 2.24) is 14.3 Å². The van der Waals surface area contributed by atoms with Gasteiger partial charge in [0, 0.05) is 31.4 Å². The summed E-state index contributed by atoms with van der Waals surface area (Å²) >= 11 is 0. The Morgan fingerprint density at radius 2 is 2.15 bits per heavy atom. The van der Waals surface area contributed by atoms with Gasteiger partial charge in [0.25, 0.3) is 5.56 Å². The van der Waals surface area contributed by atoms with Crippen LogP contribution in [0, 0.1) is 6.92 Å². The van der Waals surface area contributed by atoms with Crippen LogP contribution < -0.4 is 5.56 Å². The van der Waals surface area contributed by atoms with E-state index in [0.29, 0.717) is 24.8 Å². The first-order valence-corrected chi connectivity index (χ1v) is 6.85. The molecule has 0 aromatic carbocycles. The lowest BCUT2D eigenvalue weighted by atomic mass is 10.2. The summed E-state index contributed by atoms with van der Waals surface area (Å²) in [6.07, 6.45) is 1.79. The van der Waals surface area contributed by atoms with E-state index < -0.39 is 0 Å². The van der Waals surface area contributed by atoms with Gasteiger partial charge in [-0.05, 0) is 32.4 Å². The number of nitrogens with zero attached hydrogens (tertiary/aromatic N) is 3. The minimum Gasteiger partial charge on any atom is -0.395 e. The minimum atomic E-state index is -0.0681. The summed E-state index contributed by atoms with van der Waals surface area (Å²) in [6.45, 7) is 7.32. The molecule has 5 nitrogen and oxygen atoms in total. The largest absolute Gasteiger partial charge is 0.395 e. The van der Waals surface area contributed by atoms with Crippen LogP contribution in [-0.4, -0.2) is 38.6 Å². The lowest BCUT2D eigenvalue weighted by Gasteiger charge is -2.25. The summed E-state index contributed by atoms with van der Waals surface area (Å²) in [6, 6.07) is 5.66. The Morgan fingerprint density at radius 3 is 2.80 bits per heavy atom. The van der Waals surface area contributed by atoms with Crippen molar-refractivity contribution >= 4 is 5.65 Å². The van der Waals surface area contributed by atoms with Crippen LogP contribution in [0.3, 0.4) is 0 Å². The molecule has 0 saturated carbocycles. The van der Waals surface area contributed by atoms with E-state index in [1.807, 2.05) is 19.1 Å². The third-order valence-electron chi connectivity index (χ3n) is 3.34. The summed E-state index contributed by atoms with van der Waals surface area (Å²) in [5, 5.41) is 9.09. The first-order chi connectivity index (χ1) is 9.51. The molecule has 0 saturated heterocycles. The molecule has 1 N–H and O–H groups in total. The normalized spacial score (nSPS) is 11.7. The van der Waals surface area contributed by atoms with Crippen molar-refractivity contribution in [3.05, 3.63) is 46.0 Å². The number of hydrogen-bond donors (Lipinski definition) is 1. The van der Waals surface area contributed by atoms with Crippen molar-refractivity contribution in [2.24, 2.45) is 0 Å². The van der Waals surface area contributed by atoms with Gasteiger partial charge in [-0.1, -0.05) is 6.07 Å².